The van der Waals surface area contributed by atoms with Crippen molar-refractivity contribution in [3.05, 3.63) is 65.5 Å². The number of anilines is 1. The second kappa shape index (κ2) is 8.32. The van der Waals surface area contributed by atoms with E-state index in [0.29, 0.717) is 11.3 Å². The molecule has 0 aromatic heterocycles. The van der Waals surface area contributed by atoms with Crippen molar-refractivity contribution in [1.82, 2.24) is 4.90 Å². The minimum absolute atomic E-state index is 0.0738. The van der Waals surface area contributed by atoms with Crippen LogP contribution in [0.1, 0.15) is 18.1 Å². The van der Waals surface area contributed by atoms with Gasteiger partial charge in [-0.2, -0.15) is 0 Å². The van der Waals surface area contributed by atoms with E-state index in [4.69, 9.17) is 0 Å². The zero-order chi connectivity index (χ0) is 18.5. The molecule has 1 atom stereocenters. The number of benzene rings is 2. The summed E-state index contributed by atoms with van der Waals surface area (Å²) in [5, 5.41) is 3.12. The van der Waals surface area contributed by atoms with Gasteiger partial charge in [0, 0.05) is 11.3 Å². The largest absolute Gasteiger partial charge is 0.374 e. The van der Waals surface area contributed by atoms with E-state index in [-0.39, 0.29) is 17.8 Å². The molecule has 3 rings (SSSR count). The molecule has 1 saturated heterocycles. The van der Waals surface area contributed by atoms with Crippen LogP contribution in [0.25, 0.3) is 0 Å². The van der Waals surface area contributed by atoms with Gasteiger partial charge < -0.3 is 15.1 Å². The Labute approximate surface area is 154 Å². The highest BCUT2D eigenvalue weighted by molar-refractivity contribution is 5.84. The summed E-state index contributed by atoms with van der Waals surface area (Å²) < 4.78 is 13.7. The Morgan fingerprint density at radius 1 is 1.19 bits per heavy atom. The van der Waals surface area contributed by atoms with Gasteiger partial charge in [-0.3, -0.25) is 4.79 Å². The van der Waals surface area contributed by atoms with Gasteiger partial charge in [0.05, 0.1) is 26.2 Å². The predicted molar refractivity (Wildman–Crippen MR) is 102 cm³/mol. The van der Waals surface area contributed by atoms with Crippen LogP contribution in [-0.2, 0) is 11.3 Å². The summed E-state index contributed by atoms with van der Waals surface area (Å²) in [7, 11) is 0. The zero-order valence-corrected chi connectivity index (χ0v) is 15.5. The maximum atomic E-state index is 13.7. The van der Waals surface area contributed by atoms with Crippen LogP contribution in [0.3, 0.4) is 0 Å². The van der Waals surface area contributed by atoms with Crippen molar-refractivity contribution in [1.29, 1.82) is 0 Å². The Kier molecular flexibility index (Phi) is 5.89. The molecular formula is C21H27FN3O+. The van der Waals surface area contributed by atoms with Crippen molar-refractivity contribution < 1.29 is 14.1 Å². The van der Waals surface area contributed by atoms with E-state index in [2.05, 4.69) is 29.6 Å². The lowest BCUT2D eigenvalue weighted by Crippen LogP contribution is -3.13. The van der Waals surface area contributed by atoms with Crippen molar-refractivity contribution in [3.8, 4) is 0 Å². The average Bonchev–Trinajstić information content (AvgIpc) is 2.65. The molecule has 0 aliphatic carbocycles. The molecule has 1 aliphatic heterocycles. The van der Waals surface area contributed by atoms with E-state index in [9.17, 15) is 9.18 Å². The first-order valence-electron chi connectivity index (χ1n) is 9.22. The van der Waals surface area contributed by atoms with Crippen LogP contribution in [-0.4, -0.2) is 43.0 Å². The normalized spacial score (nSPS) is 16.3. The fraction of sp³-hybridized carbons (Fsp3) is 0.381. The third kappa shape index (κ3) is 4.61. The van der Waals surface area contributed by atoms with Crippen LogP contribution >= 0.6 is 0 Å². The Morgan fingerprint density at radius 3 is 2.54 bits per heavy atom. The number of nitrogens with one attached hydrogen (secondary N) is 2. The number of carbonyl (C=O) groups is 1. The number of nitrogens with zero attached hydrogens (tertiary/aromatic N) is 1. The Balaban J connectivity index is 1.50. The molecule has 1 aliphatic rings. The van der Waals surface area contributed by atoms with E-state index in [1.165, 1.54) is 16.5 Å². The number of hydrogen-bond acceptors (Lipinski definition) is 2. The van der Waals surface area contributed by atoms with Gasteiger partial charge in [0.15, 0.2) is 0 Å². The minimum Gasteiger partial charge on any atom is -0.374 e. The summed E-state index contributed by atoms with van der Waals surface area (Å²) in [6.07, 6.45) is 0. The Morgan fingerprint density at radius 2 is 1.88 bits per heavy atom. The lowest BCUT2D eigenvalue weighted by Gasteiger charge is -2.34. The molecule has 0 unspecified atom stereocenters. The van der Waals surface area contributed by atoms with E-state index in [1.54, 1.807) is 13.0 Å². The number of carbonyl (C=O) groups excluding carboxylic acids is 1. The van der Waals surface area contributed by atoms with Gasteiger partial charge in [-0.15, -0.1) is 0 Å². The minimum atomic E-state index is -0.368. The quantitative estimate of drug-likeness (QED) is 0.858. The van der Waals surface area contributed by atoms with E-state index >= 15 is 0 Å². The number of aryl methyl sites for hydroxylation is 1. The standard InChI is InChI=1S/C21H26FN3O/c1-16-8-9-19(14-20(16)22)23-17(2)21(26)25-12-10-24(11-13-25)15-18-6-4-3-5-7-18/h3-9,14,17,23H,10-13,15H2,1-2H3/p+1/t17-/m1/s1. The van der Waals surface area contributed by atoms with Gasteiger partial charge >= 0.3 is 0 Å². The highest BCUT2D eigenvalue weighted by Gasteiger charge is 2.26. The van der Waals surface area contributed by atoms with Gasteiger partial charge in [0.2, 0.25) is 5.91 Å². The van der Waals surface area contributed by atoms with E-state index in [0.717, 1.165) is 32.7 Å². The van der Waals surface area contributed by atoms with E-state index < -0.39 is 0 Å². The summed E-state index contributed by atoms with van der Waals surface area (Å²) in [6, 6.07) is 15.1. The van der Waals surface area contributed by atoms with Crippen LogP contribution in [0, 0.1) is 12.7 Å². The summed E-state index contributed by atoms with van der Waals surface area (Å²) in [5.74, 6) is -0.183. The molecule has 138 valence electrons. The number of piperazine rings is 1. The first kappa shape index (κ1) is 18.4. The van der Waals surface area contributed by atoms with Crippen molar-refractivity contribution in [2.24, 2.45) is 0 Å². The molecule has 2 aromatic rings. The highest BCUT2D eigenvalue weighted by Crippen LogP contribution is 2.15. The molecule has 1 heterocycles. The maximum Gasteiger partial charge on any atom is 0.245 e. The number of amides is 1. The summed E-state index contributed by atoms with van der Waals surface area (Å²) in [4.78, 5) is 16.1. The first-order chi connectivity index (χ1) is 12.5. The summed E-state index contributed by atoms with van der Waals surface area (Å²) in [5.41, 5.74) is 2.58. The molecule has 1 fully saturated rings. The van der Waals surface area contributed by atoms with Crippen LogP contribution in [0.4, 0.5) is 10.1 Å². The molecule has 2 N–H and O–H groups in total. The maximum absolute atomic E-state index is 13.7. The van der Waals surface area contributed by atoms with Gasteiger partial charge in [-0.25, -0.2) is 4.39 Å². The van der Waals surface area contributed by atoms with Crippen LogP contribution in [0.15, 0.2) is 48.5 Å². The van der Waals surface area contributed by atoms with Crippen molar-refractivity contribution in [2.75, 3.05) is 31.5 Å². The molecule has 0 radical (unpaired) electrons. The average molecular weight is 356 g/mol. The summed E-state index contributed by atoms with van der Waals surface area (Å²) >= 11 is 0. The zero-order valence-electron chi connectivity index (χ0n) is 15.5. The van der Waals surface area contributed by atoms with Crippen LogP contribution < -0.4 is 10.2 Å². The van der Waals surface area contributed by atoms with Crippen LogP contribution in [0.5, 0.6) is 0 Å². The monoisotopic (exact) mass is 356 g/mol. The molecule has 0 saturated carbocycles. The van der Waals surface area contributed by atoms with Gasteiger partial charge in [-0.05, 0) is 31.5 Å². The molecule has 1 amide bonds. The van der Waals surface area contributed by atoms with Gasteiger partial charge in [0.25, 0.3) is 0 Å². The number of halogens is 1. The van der Waals surface area contributed by atoms with Crippen molar-refractivity contribution in [2.45, 2.75) is 26.4 Å². The van der Waals surface area contributed by atoms with E-state index in [1.807, 2.05) is 24.0 Å². The van der Waals surface area contributed by atoms with Crippen molar-refractivity contribution >= 4 is 11.6 Å². The molecular weight excluding hydrogens is 329 g/mol. The third-order valence-corrected chi connectivity index (χ3v) is 5.00. The lowest BCUT2D eigenvalue weighted by atomic mass is 10.1. The van der Waals surface area contributed by atoms with Crippen LogP contribution in [0.2, 0.25) is 0 Å². The molecule has 2 aromatic carbocycles. The fourth-order valence-electron chi connectivity index (χ4n) is 3.37. The Hall–Kier alpha value is -2.40. The number of hydrogen-bond donors (Lipinski definition) is 2. The number of quaternary nitrogens is 1. The lowest BCUT2D eigenvalue weighted by molar-refractivity contribution is -0.917. The first-order valence-corrected chi connectivity index (χ1v) is 9.22. The molecule has 4 nitrogen and oxygen atoms in total. The van der Waals surface area contributed by atoms with Gasteiger partial charge in [-0.1, -0.05) is 36.4 Å². The third-order valence-electron chi connectivity index (χ3n) is 5.00. The SMILES string of the molecule is Cc1ccc(N[C@H](C)C(=O)N2CC[NH+](Cc3ccccc3)CC2)cc1F. The number of rotatable bonds is 5. The van der Waals surface area contributed by atoms with Crippen molar-refractivity contribution in [3.63, 3.8) is 0 Å². The predicted octanol–water partition coefficient (Wildman–Crippen LogP) is 1.86. The smallest absolute Gasteiger partial charge is 0.245 e. The summed E-state index contributed by atoms with van der Waals surface area (Å²) in [6.45, 7) is 7.98. The molecule has 26 heavy (non-hydrogen) atoms. The molecule has 5 heteroatoms. The molecule has 0 spiro atoms. The topological polar surface area (TPSA) is 36.8 Å². The second-order valence-corrected chi connectivity index (χ2v) is 7.07. The Bertz CT molecular complexity index is 742. The highest BCUT2D eigenvalue weighted by atomic mass is 19.1. The van der Waals surface area contributed by atoms with Gasteiger partial charge in [0.1, 0.15) is 18.4 Å². The molecule has 0 bridgehead atoms. The second-order valence-electron chi connectivity index (χ2n) is 7.07. The fourth-order valence-corrected chi connectivity index (χ4v) is 3.37.